The normalized spacial score (nSPS) is 10.6. The van der Waals surface area contributed by atoms with E-state index >= 15 is 0 Å². The van der Waals surface area contributed by atoms with Gasteiger partial charge in [0.25, 0.3) is 0 Å². The summed E-state index contributed by atoms with van der Waals surface area (Å²) in [6.07, 6.45) is -1.07. The zero-order chi connectivity index (χ0) is 12.0. The van der Waals surface area contributed by atoms with Crippen molar-refractivity contribution >= 4 is 16.4 Å². The molecule has 1 rings (SSSR count). The minimum atomic E-state index is -4.18. The Bertz CT molecular complexity index is 442. The molecule has 0 aromatic heterocycles. The van der Waals surface area contributed by atoms with Crippen molar-refractivity contribution in [3.63, 3.8) is 0 Å². The number of hydrogen-bond donors (Lipinski definition) is 1. The summed E-state index contributed by atoms with van der Waals surface area (Å²) in [5.41, 5.74) is 0. The van der Waals surface area contributed by atoms with Crippen LogP contribution in [0.4, 0.5) is 4.79 Å². The predicted octanol–water partition coefficient (Wildman–Crippen LogP) is 1.06. The van der Waals surface area contributed by atoms with Gasteiger partial charge in [0.2, 0.25) is 0 Å². The molecule has 1 aromatic rings. The summed E-state index contributed by atoms with van der Waals surface area (Å²) in [4.78, 5) is 10.9. The van der Waals surface area contributed by atoms with E-state index in [-0.39, 0.29) is 12.4 Å². The summed E-state index contributed by atoms with van der Waals surface area (Å²) < 4.78 is 33.1. The van der Waals surface area contributed by atoms with Gasteiger partial charge in [0.1, 0.15) is 5.75 Å². The fourth-order valence-corrected chi connectivity index (χ4v) is 1.56. The lowest BCUT2D eigenvalue weighted by atomic mass is 10.3. The summed E-state index contributed by atoms with van der Waals surface area (Å²) in [6.45, 7) is 1.64. The summed E-state index contributed by atoms with van der Waals surface area (Å²) in [5, 5.41) is 0. The number of benzene rings is 1. The van der Waals surface area contributed by atoms with Gasteiger partial charge in [-0.1, -0.05) is 18.2 Å². The first kappa shape index (κ1) is 12.3. The Labute approximate surface area is 93.4 Å². The van der Waals surface area contributed by atoms with Gasteiger partial charge in [0, 0.05) is 0 Å². The predicted molar refractivity (Wildman–Crippen MR) is 56.1 cm³/mol. The number of nitrogens with one attached hydrogen (secondary N) is 1. The zero-order valence-electron chi connectivity index (χ0n) is 8.54. The molecule has 16 heavy (non-hydrogen) atoms. The van der Waals surface area contributed by atoms with Gasteiger partial charge in [-0.15, -0.1) is 0 Å². The van der Waals surface area contributed by atoms with Crippen molar-refractivity contribution in [3.05, 3.63) is 30.3 Å². The fourth-order valence-electron chi connectivity index (χ4n) is 0.886. The van der Waals surface area contributed by atoms with Crippen LogP contribution in [0.25, 0.3) is 0 Å². The van der Waals surface area contributed by atoms with Crippen LogP contribution in [0.5, 0.6) is 5.75 Å². The molecule has 1 N–H and O–H groups in total. The number of hydrogen-bond acceptors (Lipinski definition) is 5. The van der Waals surface area contributed by atoms with Crippen molar-refractivity contribution in [1.82, 2.24) is 4.72 Å². The van der Waals surface area contributed by atoms with Gasteiger partial charge in [-0.05, 0) is 19.1 Å². The Morgan fingerprint density at radius 2 is 1.94 bits per heavy atom. The van der Waals surface area contributed by atoms with Gasteiger partial charge in [0.15, 0.2) is 0 Å². The SMILES string of the molecule is CCOC(=O)NS(=O)(=O)Oc1ccccc1. The fraction of sp³-hybridized carbons (Fsp3) is 0.222. The van der Waals surface area contributed by atoms with Gasteiger partial charge in [0.05, 0.1) is 6.61 Å². The molecule has 0 fully saturated rings. The molecular formula is C9H11NO5S. The van der Waals surface area contributed by atoms with Crippen LogP contribution in [-0.2, 0) is 15.0 Å². The quantitative estimate of drug-likeness (QED) is 0.857. The van der Waals surface area contributed by atoms with Gasteiger partial charge in [-0.3, -0.25) is 0 Å². The number of para-hydroxylation sites is 1. The third-order valence-corrected chi connectivity index (χ3v) is 2.26. The van der Waals surface area contributed by atoms with Crippen LogP contribution in [0.3, 0.4) is 0 Å². The average molecular weight is 245 g/mol. The van der Waals surface area contributed by atoms with Crippen LogP contribution in [-0.4, -0.2) is 21.1 Å². The van der Waals surface area contributed by atoms with E-state index in [4.69, 9.17) is 0 Å². The van der Waals surface area contributed by atoms with Gasteiger partial charge >= 0.3 is 16.4 Å². The molecule has 0 bridgehead atoms. The molecule has 0 heterocycles. The molecule has 7 heteroatoms. The highest BCUT2D eigenvalue weighted by Crippen LogP contribution is 2.10. The second-order valence-corrected chi connectivity index (χ2v) is 3.95. The molecular weight excluding hydrogens is 234 g/mol. The van der Waals surface area contributed by atoms with E-state index in [2.05, 4.69) is 8.92 Å². The standard InChI is InChI=1S/C9H11NO5S/c1-2-14-9(11)10-16(12,13)15-8-6-4-3-5-7-8/h3-7H,2H2,1H3,(H,10,11). The van der Waals surface area contributed by atoms with Crippen LogP contribution >= 0.6 is 0 Å². The lowest BCUT2D eigenvalue weighted by molar-refractivity contribution is 0.158. The summed E-state index contributed by atoms with van der Waals surface area (Å²) in [7, 11) is -4.18. The van der Waals surface area contributed by atoms with Crippen LogP contribution in [0.2, 0.25) is 0 Å². The highest BCUT2D eigenvalue weighted by Gasteiger charge is 2.16. The maximum absolute atomic E-state index is 11.3. The Hall–Kier alpha value is -1.76. The summed E-state index contributed by atoms with van der Waals surface area (Å²) in [5.74, 6) is 0.110. The zero-order valence-corrected chi connectivity index (χ0v) is 9.36. The highest BCUT2D eigenvalue weighted by molar-refractivity contribution is 7.85. The van der Waals surface area contributed by atoms with E-state index in [1.54, 1.807) is 29.8 Å². The van der Waals surface area contributed by atoms with E-state index in [9.17, 15) is 13.2 Å². The molecule has 6 nitrogen and oxygen atoms in total. The largest absolute Gasteiger partial charge is 0.449 e. The van der Waals surface area contributed by atoms with Crippen LogP contribution < -0.4 is 8.91 Å². The third-order valence-electron chi connectivity index (χ3n) is 1.43. The van der Waals surface area contributed by atoms with Gasteiger partial charge in [-0.25, -0.2) is 4.79 Å². The Morgan fingerprint density at radius 1 is 1.31 bits per heavy atom. The first-order chi connectivity index (χ1) is 7.53. The van der Waals surface area contributed by atoms with Gasteiger partial charge < -0.3 is 8.92 Å². The van der Waals surface area contributed by atoms with Crippen molar-refractivity contribution in [1.29, 1.82) is 0 Å². The summed E-state index contributed by atoms with van der Waals surface area (Å²) in [6, 6.07) is 7.82. The number of carbonyl (C=O) groups is 1. The van der Waals surface area contributed by atoms with Crippen molar-refractivity contribution in [2.75, 3.05) is 6.61 Å². The van der Waals surface area contributed by atoms with E-state index in [0.717, 1.165) is 0 Å². The topological polar surface area (TPSA) is 81.7 Å². The maximum Gasteiger partial charge on any atom is 0.423 e. The van der Waals surface area contributed by atoms with Gasteiger partial charge in [-0.2, -0.15) is 13.1 Å². The Kier molecular flexibility index (Phi) is 4.12. The van der Waals surface area contributed by atoms with E-state index in [1.807, 2.05) is 0 Å². The minimum absolute atomic E-state index is 0.0761. The smallest absolute Gasteiger partial charge is 0.423 e. The number of amides is 1. The highest BCUT2D eigenvalue weighted by atomic mass is 32.2. The molecule has 88 valence electrons. The molecule has 0 saturated carbocycles. The number of carbonyl (C=O) groups excluding carboxylic acids is 1. The molecule has 1 aromatic carbocycles. The van der Waals surface area contributed by atoms with Crippen LogP contribution in [0.15, 0.2) is 30.3 Å². The molecule has 0 radical (unpaired) electrons. The minimum Gasteiger partial charge on any atom is -0.449 e. The Balaban J connectivity index is 2.63. The van der Waals surface area contributed by atoms with Crippen molar-refractivity contribution < 1.29 is 22.1 Å². The molecule has 0 spiro atoms. The van der Waals surface area contributed by atoms with Crippen molar-refractivity contribution in [3.8, 4) is 5.75 Å². The first-order valence-corrected chi connectivity index (χ1v) is 5.88. The molecule has 0 atom stereocenters. The van der Waals surface area contributed by atoms with Crippen LogP contribution in [0, 0.1) is 0 Å². The Morgan fingerprint density at radius 3 is 2.50 bits per heavy atom. The van der Waals surface area contributed by atoms with E-state index in [0.29, 0.717) is 0 Å². The van der Waals surface area contributed by atoms with E-state index in [1.165, 1.54) is 12.1 Å². The van der Waals surface area contributed by atoms with Crippen molar-refractivity contribution in [2.45, 2.75) is 6.92 Å². The number of rotatable bonds is 4. The lowest BCUT2D eigenvalue weighted by Crippen LogP contribution is -2.34. The first-order valence-electron chi connectivity index (χ1n) is 4.47. The third kappa shape index (κ3) is 4.18. The number of ether oxygens (including phenoxy) is 1. The van der Waals surface area contributed by atoms with E-state index < -0.39 is 16.4 Å². The second-order valence-electron chi connectivity index (χ2n) is 2.67. The summed E-state index contributed by atoms with van der Waals surface area (Å²) >= 11 is 0. The maximum atomic E-state index is 11.3. The molecule has 0 saturated heterocycles. The lowest BCUT2D eigenvalue weighted by Gasteiger charge is -2.07. The average Bonchev–Trinajstić information content (AvgIpc) is 2.17. The molecule has 0 aliphatic heterocycles. The second kappa shape index (κ2) is 5.36. The van der Waals surface area contributed by atoms with Crippen molar-refractivity contribution in [2.24, 2.45) is 0 Å². The molecule has 0 aliphatic carbocycles. The monoisotopic (exact) mass is 245 g/mol. The van der Waals surface area contributed by atoms with Crippen LogP contribution in [0.1, 0.15) is 6.92 Å². The molecule has 0 unspecified atom stereocenters. The molecule has 1 amide bonds. The molecule has 0 aliphatic rings.